The smallest absolute Gasteiger partial charge is 0.289 e. The molecule has 1 saturated heterocycles. The zero-order valence-electron chi connectivity index (χ0n) is 16.4. The van der Waals surface area contributed by atoms with Crippen molar-refractivity contribution in [2.75, 3.05) is 33.4 Å². The van der Waals surface area contributed by atoms with Crippen LogP contribution in [-0.4, -0.2) is 72.4 Å². The van der Waals surface area contributed by atoms with E-state index in [-0.39, 0.29) is 29.3 Å². The molecule has 2 aliphatic rings. The third-order valence-electron chi connectivity index (χ3n) is 6.23. The molecule has 152 valence electrons. The summed E-state index contributed by atoms with van der Waals surface area (Å²) in [7, 11) is 1.70. The fourth-order valence-corrected chi connectivity index (χ4v) is 4.59. The summed E-state index contributed by atoms with van der Waals surface area (Å²) in [5.74, 6) is -0.657. The predicted molar refractivity (Wildman–Crippen MR) is 103 cm³/mol. The molecule has 3 atom stereocenters. The molecule has 2 heterocycles. The Morgan fingerprint density at radius 3 is 2.75 bits per heavy atom. The van der Waals surface area contributed by atoms with Gasteiger partial charge >= 0.3 is 0 Å². The van der Waals surface area contributed by atoms with Crippen molar-refractivity contribution in [3.63, 3.8) is 0 Å². The highest BCUT2D eigenvalue weighted by molar-refractivity contribution is 5.99. The minimum atomic E-state index is -0.637. The van der Waals surface area contributed by atoms with Crippen LogP contribution in [0.5, 0.6) is 0 Å². The topological polar surface area (TPSA) is 66.2 Å². The molecule has 0 spiro atoms. The monoisotopic (exact) mass is 390 g/mol. The maximum absolute atomic E-state index is 14.0. The minimum Gasteiger partial charge on any atom is -0.448 e. The predicted octanol–water partition coefficient (Wildman–Crippen LogP) is 2.57. The normalized spacial score (nSPS) is 26.5. The Morgan fingerprint density at radius 2 is 2.04 bits per heavy atom. The molecule has 1 aromatic heterocycles. The Labute approximate surface area is 163 Å². The van der Waals surface area contributed by atoms with Crippen molar-refractivity contribution in [2.45, 2.75) is 44.4 Å². The highest BCUT2D eigenvalue weighted by atomic mass is 19.1. The van der Waals surface area contributed by atoms with E-state index in [1.54, 1.807) is 31.0 Å². The number of aliphatic hydroxyl groups is 1. The Kier molecular flexibility index (Phi) is 5.40. The van der Waals surface area contributed by atoms with E-state index in [2.05, 4.69) is 4.90 Å². The van der Waals surface area contributed by atoms with Crippen molar-refractivity contribution in [1.82, 2.24) is 9.80 Å². The molecule has 0 bridgehead atoms. The van der Waals surface area contributed by atoms with Crippen molar-refractivity contribution in [3.8, 4) is 0 Å². The number of aliphatic hydroxyl groups excluding tert-OH is 1. The fraction of sp³-hybridized carbons (Fsp3) is 0.571. The molecule has 4 rings (SSSR count). The second-order valence-corrected chi connectivity index (χ2v) is 7.79. The van der Waals surface area contributed by atoms with Gasteiger partial charge in [-0.3, -0.25) is 9.69 Å². The number of para-hydroxylation sites is 1. The van der Waals surface area contributed by atoms with Gasteiger partial charge in [0.15, 0.2) is 17.2 Å². The van der Waals surface area contributed by atoms with Gasteiger partial charge in [-0.1, -0.05) is 12.1 Å². The van der Waals surface area contributed by atoms with E-state index in [0.29, 0.717) is 24.2 Å². The van der Waals surface area contributed by atoms with E-state index < -0.39 is 11.9 Å². The molecule has 1 aliphatic carbocycles. The molecule has 2 fully saturated rings. The highest BCUT2D eigenvalue weighted by Crippen LogP contribution is 2.31. The number of morpholine rings is 1. The number of hydrogen-bond acceptors (Lipinski definition) is 5. The number of aryl methyl sites for hydroxylation is 1. The van der Waals surface area contributed by atoms with Crippen molar-refractivity contribution in [1.29, 1.82) is 0 Å². The van der Waals surface area contributed by atoms with Gasteiger partial charge in [-0.05, 0) is 32.3 Å². The van der Waals surface area contributed by atoms with Gasteiger partial charge in [0.05, 0.1) is 25.4 Å². The maximum Gasteiger partial charge on any atom is 0.289 e. The van der Waals surface area contributed by atoms with Crippen LogP contribution in [0.25, 0.3) is 11.0 Å². The van der Waals surface area contributed by atoms with Crippen LogP contribution in [0.15, 0.2) is 22.6 Å². The average Bonchev–Trinajstić information content (AvgIpc) is 3.06. The standard InChI is InChI=1S/C21H27FN2O4/c1-13-14-5-3-6-15(22)20(14)28-19(13)21(26)23(2)16-7-4-8-17(18(16)25)24-9-11-27-12-10-24/h3,5-6,16-18,25H,4,7-12H2,1-2H3/t16-,17-,18-/m1/s1. The van der Waals surface area contributed by atoms with Crippen LogP contribution in [-0.2, 0) is 4.74 Å². The molecule has 0 radical (unpaired) electrons. The van der Waals surface area contributed by atoms with Crippen LogP contribution >= 0.6 is 0 Å². The zero-order chi connectivity index (χ0) is 19.8. The van der Waals surface area contributed by atoms with Gasteiger partial charge in [0.2, 0.25) is 0 Å². The van der Waals surface area contributed by atoms with E-state index in [0.717, 1.165) is 32.4 Å². The van der Waals surface area contributed by atoms with Gasteiger partial charge < -0.3 is 19.2 Å². The van der Waals surface area contributed by atoms with Crippen LogP contribution in [0.4, 0.5) is 4.39 Å². The lowest BCUT2D eigenvalue weighted by molar-refractivity contribution is -0.0616. The van der Waals surface area contributed by atoms with Crippen LogP contribution in [0.2, 0.25) is 0 Å². The molecule has 1 aliphatic heterocycles. The second kappa shape index (κ2) is 7.81. The Hall–Kier alpha value is -1.96. The summed E-state index contributed by atoms with van der Waals surface area (Å²) < 4.78 is 25.1. The third-order valence-corrected chi connectivity index (χ3v) is 6.23. The van der Waals surface area contributed by atoms with Gasteiger partial charge in [0.25, 0.3) is 5.91 Å². The Bertz CT molecular complexity index is 861. The lowest BCUT2D eigenvalue weighted by Crippen LogP contribution is -2.58. The Balaban J connectivity index is 1.56. The number of nitrogens with zero attached hydrogens (tertiary/aromatic N) is 2. The molecule has 0 unspecified atom stereocenters. The first kappa shape index (κ1) is 19.4. The second-order valence-electron chi connectivity index (χ2n) is 7.79. The van der Waals surface area contributed by atoms with Crippen molar-refractivity contribution >= 4 is 16.9 Å². The molecule has 1 saturated carbocycles. The molecule has 6 nitrogen and oxygen atoms in total. The van der Waals surface area contributed by atoms with E-state index in [1.165, 1.54) is 6.07 Å². The number of carbonyl (C=O) groups excluding carboxylic acids is 1. The molecule has 1 aromatic carbocycles. The van der Waals surface area contributed by atoms with Crippen LogP contribution in [0.3, 0.4) is 0 Å². The average molecular weight is 390 g/mol. The zero-order valence-corrected chi connectivity index (χ0v) is 16.4. The number of hydrogen-bond donors (Lipinski definition) is 1. The van der Waals surface area contributed by atoms with Gasteiger partial charge in [-0.15, -0.1) is 0 Å². The third kappa shape index (κ3) is 3.32. The molecular formula is C21H27FN2O4. The number of benzene rings is 1. The number of furan rings is 1. The summed E-state index contributed by atoms with van der Waals surface area (Å²) >= 11 is 0. The van der Waals surface area contributed by atoms with Gasteiger partial charge in [-0.2, -0.15) is 0 Å². The number of rotatable bonds is 3. The van der Waals surface area contributed by atoms with E-state index in [4.69, 9.17) is 9.15 Å². The van der Waals surface area contributed by atoms with Crippen LogP contribution < -0.4 is 0 Å². The first-order valence-corrected chi connectivity index (χ1v) is 9.93. The number of likely N-dealkylation sites (N-methyl/N-ethyl adjacent to an activating group) is 1. The van der Waals surface area contributed by atoms with Gasteiger partial charge in [-0.25, -0.2) is 4.39 Å². The van der Waals surface area contributed by atoms with Crippen LogP contribution in [0, 0.1) is 12.7 Å². The van der Waals surface area contributed by atoms with Gasteiger partial charge in [0.1, 0.15) is 0 Å². The SMILES string of the molecule is Cc1c(C(=O)N(C)[C@@H]2CCC[C@@H](N3CCOCC3)[C@@H]2O)oc2c(F)cccc12. The molecule has 1 N–H and O–H groups in total. The van der Waals surface area contributed by atoms with Crippen molar-refractivity contribution in [3.05, 3.63) is 35.3 Å². The Morgan fingerprint density at radius 1 is 1.29 bits per heavy atom. The fourth-order valence-electron chi connectivity index (χ4n) is 4.59. The van der Waals surface area contributed by atoms with Crippen molar-refractivity contribution in [2.24, 2.45) is 0 Å². The van der Waals surface area contributed by atoms with E-state index in [9.17, 15) is 14.3 Å². The lowest BCUT2D eigenvalue weighted by atomic mass is 9.86. The largest absolute Gasteiger partial charge is 0.448 e. The summed E-state index contributed by atoms with van der Waals surface area (Å²) in [6.07, 6.45) is 1.95. The number of halogens is 1. The van der Waals surface area contributed by atoms with Crippen molar-refractivity contribution < 1.29 is 23.4 Å². The quantitative estimate of drug-likeness (QED) is 0.873. The summed E-state index contributed by atoms with van der Waals surface area (Å²) in [5.41, 5.74) is 0.730. The first-order valence-electron chi connectivity index (χ1n) is 9.93. The van der Waals surface area contributed by atoms with E-state index >= 15 is 0 Å². The number of fused-ring (bicyclic) bond motifs is 1. The molecule has 1 amide bonds. The molecular weight excluding hydrogens is 363 g/mol. The summed E-state index contributed by atoms with van der Waals surface area (Å²) in [5, 5.41) is 11.6. The molecule has 2 aromatic rings. The summed E-state index contributed by atoms with van der Waals surface area (Å²) in [6, 6.07) is 4.40. The number of ether oxygens (including phenoxy) is 1. The van der Waals surface area contributed by atoms with E-state index in [1.807, 2.05) is 0 Å². The number of carbonyl (C=O) groups is 1. The minimum absolute atomic E-state index is 0.0205. The first-order chi connectivity index (χ1) is 13.5. The highest BCUT2D eigenvalue weighted by Gasteiger charge is 2.40. The maximum atomic E-state index is 14.0. The van der Waals surface area contributed by atoms with Gasteiger partial charge in [0, 0.05) is 37.1 Å². The molecule has 28 heavy (non-hydrogen) atoms. The lowest BCUT2D eigenvalue weighted by Gasteiger charge is -2.45. The number of amides is 1. The molecule has 7 heteroatoms. The summed E-state index contributed by atoms with van der Waals surface area (Å²) in [6.45, 7) is 4.71. The summed E-state index contributed by atoms with van der Waals surface area (Å²) in [4.78, 5) is 17.0. The van der Waals surface area contributed by atoms with Crippen LogP contribution in [0.1, 0.15) is 35.4 Å².